The molecule has 3 aromatic rings. The van der Waals surface area contributed by atoms with E-state index in [4.69, 9.17) is 4.74 Å². The molecule has 1 amide bonds. The van der Waals surface area contributed by atoms with Crippen molar-refractivity contribution in [2.75, 3.05) is 31.2 Å². The lowest BCUT2D eigenvalue weighted by Crippen LogP contribution is -2.37. The quantitative estimate of drug-likeness (QED) is 0.727. The number of rotatable bonds is 5. The van der Waals surface area contributed by atoms with E-state index in [2.05, 4.69) is 25.3 Å². The number of hydrogen-bond acceptors (Lipinski definition) is 6. The van der Waals surface area contributed by atoms with Crippen LogP contribution in [0.2, 0.25) is 0 Å². The average Bonchev–Trinajstić information content (AvgIpc) is 3.19. The second-order valence-electron chi connectivity index (χ2n) is 6.63. The first-order chi connectivity index (χ1) is 13.7. The zero-order valence-electron chi connectivity index (χ0n) is 15.7. The molecule has 0 atom stereocenters. The predicted octanol–water partition coefficient (Wildman–Crippen LogP) is 1.64. The van der Waals surface area contributed by atoms with Crippen LogP contribution in [0.15, 0.2) is 49.2 Å². The molecule has 0 unspecified atom stereocenters. The maximum absolute atomic E-state index is 12.7. The van der Waals surface area contributed by atoms with Crippen molar-refractivity contribution >= 4 is 11.7 Å². The van der Waals surface area contributed by atoms with Crippen LogP contribution in [0.25, 0.3) is 11.1 Å². The summed E-state index contributed by atoms with van der Waals surface area (Å²) in [6.45, 7) is 3.38. The smallest absolute Gasteiger partial charge is 0.253 e. The summed E-state index contributed by atoms with van der Waals surface area (Å²) in [5, 5.41) is 7.15. The third-order valence-electron chi connectivity index (χ3n) is 4.66. The highest BCUT2D eigenvalue weighted by atomic mass is 16.5. The summed E-state index contributed by atoms with van der Waals surface area (Å²) in [7, 11) is 1.85. The van der Waals surface area contributed by atoms with Crippen LogP contribution in [0.5, 0.6) is 0 Å². The molecule has 0 spiro atoms. The van der Waals surface area contributed by atoms with Crippen LogP contribution in [0.3, 0.4) is 0 Å². The van der Waals surface area contributed by atoms with Crippen molar-refractivity contribution in [3.05, 3.63) is 60.3 Å². The van der Waals surface area contributed by atoms with E-state index in [1.165, 1.54) is 0 Å². The Morgan fingerprint density at radius 3 is 2.86 bits per heavy atom. The number of carbonyl (C=O) groups excluding carboxylic acids is 1. The van der Waals surface area contributed by atoms with Gasteiger partial charge in [0.1, 0.15) is 5.82 Å². The molecule has 0 saturated carbocycles. The van der Waals surface area contributed by atoms with Gasteiger partial charge in [0.05, 0.1) is 25.0 Å². The third-order valence-corrected chi connectivity index (χ3v) is 4.66. The number of ether oxygens (including phenoxy) is 1. The van der Waals surface area contributed by atoms with Gasteiger partial charge in [0.25, 0.3) is 5.91 Å². The first-order valence-corrected chi connectivity index (χ1v) is 9.19. The van der Waals surface area contributed by atoms with Crippen LogP contribution in [0.1, 0.15) is 15.9 Å². The van der Waals surface area contributed by atoms with E-state index in [1.807, 2.05) is 31.4 Å². The first-order valence-electron chi connectivity index (χ1n) is 9.19. The highest BCUT2D eigenvalue weighted by Crippen LogP contribution is 2.20. The average molecular weight is 378 g/mol. The lowest BCUT2D eigenvalue weighted by molar-refractivity contribution is 0.0950. The van der Waals surface area contributed by atoms with Crippen molar-refractivity contribution in [2.24, 2.45) is 7.05 Å². The van der Waals surface area contributed by atoms with Crippen molar-refractivity contribution in [3.63, 3.8) is 0 Å². The van der Waals surface area contributed by atoms with Crippen molar-refractivity contribution < 1.29 is 9.53 Å². The minimum absolute atomic E-state index is 0.171. The predicted molar refractivity (Wildman–Crippen MR) is 105 cm³/mol. The molecule has 1 saturated heterocycles. The van der Waals surface area contributed by atoms with Gasteiger partial charge in [-0.25, -0.2) is 4.98 Å². The van der Waals surface area contributed by atoms with Gasteiger partial charge in [0.2, 0.25) is 0 Å². The molecule has 0 aromatic carbocycles. The molecule has 8 heteroatoms. The summed E-state index contributed by atoms with van der Waals surface area (Å²) in [5.74, 6) is 0.725. The number of anilines is 1. The normalized spacial score (nSPS) is 14.1. The molecule has 0 bridgehead atoms. The van der Waals surface area contributed by atoms with Gasteiger partial charge in [0, 0.05) is 68.2 Å². The lowest BCUT2D eigenvalue weighted by atomic mass is 10.1. The number of carbonyl (C=O) groups is 1. The molecule has 0 radical (unpaired) electrons. The van der Waals surface area contributed by atoms with Gasteiger partial charge in [-0.05, 0) is 12.1 Å². The second-order valence-corrected chi connectivity index (χ2v) is 6.63. The van der Waals surface area contributed by atoms with E-state index in [0.29, 0.717) is 25.3 Å². The van der Waals surface area contributed by atoms with E-state index in [-0.39, 0.29) is 5.91 Å². The SMILES string of the molecule is Cn1cc(-c2cncc(C(=O)NCc3cccnc3N3CCOCC3)c2)cn1. The molecule has 0 aliphatic carbocycles. The summed E-state index contributed by atoms with van der Waals surface area (Å²) in [5.41, 5.74) is 3.27. The van der Waals surface area contributed by atoms with Gasteiger partial charge < -0.3 is 15.0 Å². The van der Waals surface area contributed by atoms with Crippen LogP contribution in [0.4, 0.5) is 5.82 Å². The van der Waals surface area contributed by atoms with Crippen LogP contribution < -0.4 is 10.2 Å². The summed E-state index contributed by atoms with van der Waals surface area (Å²) in [6, 6.07) is 5.70. The molecule has 1 N–H and O–H groups in total. The van der Waals surface area contributed by atoms with E-state index < -0.39 is 0 Å². The Bertz CT molecular complexity index is 965. The van der Waals surface area contributed by atoms with E-state index >= 15 is 0 Å². The van der Waals surface area contributed by atoms with Crippen molar-refractivity contribution in [1.29, 1.82) is 0 Å². The molecule has 1 aliphatic heterocycles. The van der Waals surface area contributed by atoms with Crippen molar-refractivity contribution in [1.82, 2.24) is 25.1 Å². The zero-order chi connectivity index (χ0) is 19.3. The van der Waals surface area contributed by atoms with E-state index in [9.17, 15) is 4.79 Å². The monoisotopic (exact) mass is 378 g/mol. The van der Waals surface area contributed by atoms with Gasteiger partial charge in [-0.3, -0.25) is 14.5 Å². The number of hydrogen-bond donors (Lipinski definition) is 1. The van der Waals surface area contributed by atoms with Gasteiger partial charge >= 0.3 is 0 Å². The molecule has 3 aromatic heterocycles. The Kier molecular flexibility index (Phi) is 5.29. The molecule has 1 fully saturated rings. The maximum atomic E-state index is 12.7. The fraction of sp³-hybridized carbons (Fsp3) is 0.300. The number of pyridine rings is 2. The Labute approximate surface area is 163 Å². The van der Waals surface area contributed by atoms with Gasteiger partial charge in [-0.1, -0.05) is 6.07 Å². The largest absolute Gasteiger partial charge is 0.378 e. The molecule has 144 valence electrons. The van der Waals surface area contributed by atoms with Crippen molar-refractivity contribution in [3.8, 4) is 11.1 Å². The highest BCUT2D eigenvalue weighted by molar-refractivity contribution is 5.95. The standard InChI is InChI=1S/C20H22N6O2/c1-25-14-18(13-24-25)16-9-17(11-21-10-16)20(27)23-12-15-3-2-4-22-19(15)26-5-7-28-8-6-26/h2-4,9-11,13-14H,5-8,12H2,1H3,(H,23,27). The van der Waals surface area contributed by atoms with Gasteiger partial charge in [-0.15, -0.1) is 0 Å². The number of morpholine rings is 1. The van der Waals surface area contributed by atoms with E-state index in [0.717, 1.165) is 35.6 Å². The zero-order valence-corrected chi connectivity index (χ0v) is 15.7. The number of amides is 1. The Hall–Kier alpha value is -3.26. The highest BCUT2D eigenvalue weighted by Gasteiger charge is 2.16. The Morgan fingerprint density at radius 1 is 1.21 bits per heavy atom. The maximum Gasteiger partial charge on any atom is 0.253 e. The van der Waals surface area contributed by atoms with Gasteiger partial charge in [0.15, 0.2) is 0 Å². The Balaban J connectivity index is 1.47. The molecule has 8 nitrogen and oxygen atoms in total. The number of aromatic nitrogens is 4. The fourth-order valence-corrected chi connectivity index (χ4v) is 3.20. The second kappa shape index (κ2) is 8.18. The Morgan fingerprint density at radius 2 is 2.07 bits per heavy atom. The number of nitrogens with one attached hydrogen (secondary N) is 1. The fourth-order valence-electron chi connectivity index (χ4n) is 3.20. The molecular weight excluding hydrogens is 356 g/mol. The van der Waals surface area contributed by atoms with Crippen LogP contribution in [0, 0.1) is 0 Å². The number of aryl methyl sites for hydroxylation is 1. The van der Waals surface area contributed by atoms with Crippen LogP contribution >= 0.6 is 0 Å². The molecule has 1 aliphatic rings. The van der Waals surface area contributed by atoms with Crippen LogP contribution in [-0.2, 0) is 18.3 Å². The van der Waals surface area contributed by atoms with Gasteiger partial charge in [-0.2, -0.15) is 5.10 Å². The van der Waals surface area contributed by atoms with E-state index in [1.54, 1.807) is 29.5 Å². The summed E-state index contributed by atoms with van der Waals surface area (Å²) >= 11 is 0. The summed E-state index contributed by atoms with van der Waals surface area (Å²) in [6.07, 6.45) is 8.72. The lowest BCUT2D eigenvalue weighted by Gasteiger charge is -2.29. The summed E-state index contributed by atoms with van der Waals surface area (Å²) < 4.78 is 7.13. The topological polar surface area (TPSA) is 85.2 Å². The molecule has 28 heavy (non-hydrogen) atoms. The third kappa shape index (κ3) is 4.01. The first kappa shape index (κ1) is 18.1. The molecule has 4 heterocycles. The van der Waals surface area contributed by atoms with Crippen LogP contribution in [-0.4, -0.2) is 52.0 Å². The summed E-state index contributed by atoms with van der Waals surface area (Å²) in [4.78, 5) is 23.6. The minimum atomic E-state index is -0.171. The minimum Gasteiger partial charge on any atom is -0.378 e. The number of nitrogens with zero attached hydrogens (tertiary/aromatic N) is 5. The van der Waals surface area contributed by atoms with Crippen molar-refractivity contribution in [2.45, 2.75) is 6.54 Å². The molecular formula is C20H22N6O2. The molecule has 4 rings (SSSR count).